The molecule has 0 amide bonds. The number of hydrogen-bond acceptors (Lipinski definition) is 9. The summed E-state index contributed by atoms with van der Waals surface area (Å²) in [5.41, 5.74) is 10.5. The Kier molecular flexibility index (Phi) is 5.24. The standard InChI is InChI=1S/C9H15N5O.C4H6N4O/c10-7-6-8(12-9(11)14(7)15)13-4-2-1-3-5-13;5-3-1-2-7-4(6)8(3)9/h6,10,15H,1-5H2,(H2,11,12);1-2,5,9H,(H2,6,7). The van der Waals surface area contributed by atoms with Gasteiger partial charge in [0, 0.05) is 31.4 Å². The van der Waals surface area contributed by atoms with Gasteiger partial charge in [0.1, 0.15) is 5.82 Å². The Morgan fingerprint density at radius 1 is 0.958 bits per heavy atom. The van der Waals surface area contributed by atoms with Crippen molar-refractivity contribution in [1.82, 2.24) is 19.4 Å². The van der Waals surface area contributed by atoms with Crippen molar-refractivity contribution in [2.24, 2.45) is 0 Å². The molecule has 11 nitrogen and oxygen atoms in total. The van der Waals surface area contributed by atoms with Crippen LogP contribution in [0.4, 0.5) is 17.7 Å². The minimum Gasteiger partial charge on any atom is -0.423 e. The Morgan fingerprint density at radius 3 is 2.12 bits per heavy atom. The zero-order valence-corrected chi connectivity index (χ0v) is 13.1. The van der Waals surface area contributed by atoms with E-state index in [2.05, 4.69) is 14.9 Å². The minimum absolute atomic E-state index is 0.0388. The van der Waals surface area contributed by atoms with Crippen molar-refractivity contribution in [3.8, 4) is 0 Å². The maximum atomic E-state index is 9.25. The summed E-state index contributed by atoms with van der Waals surface area (Å²) in [6, 6.07) is 2.86. The first-order chi connectivity index (χ1) is 11.4. The third-order valence-electron chi connectivity index (χ3n) is 3.50. The Labute approximate surface area is 137 Å². The highest BCUT2D eigenvalue weighted by Crippen LogP contribution is 2.16. The molecule has 2 aromatic heterocycles. The second-order valence-electron chi connectivity index (χ2n) is 5.22. The number of anilines is 3. The molecule has 3 rings (SSSR count). The number of rotatable bonds is 1. The van der Waals surface area contributed by atoms with Crippen molar-refractivity contribution in [3.05, 3.63) is 29.3 Å². The van der Waals surface area contributed by atoms with Gasteiger partial charge in [0.2, 0.25) is 11.9 Å². The molecule has 0 aromatic carbocycles. The molecule has 1 aliphatic rings. The fraction of sp³-hybridized carbons (Fsp3) is 0.385. The third kappa shape index (κ3) is 3.94. The first kappa shape index (κ1) is 17.1. The van der Waals surface area contributed by atoms with Crippen molar-refractivity contribution < 1.29 is 10.4 Å². The Bertz CT molecular complexity index is 808. The number of hydrogen-bond donors (Lipinski definition) is 6. The third-order valence-corrected chi connectivity index (χ3v) is 3.50. The summed E-state index contributed by atoms with van der Waals surface area (Å²) in [4.78, 5) is 9.66. The van der Waals surface area contributed by atoms with Crippen molar-refractivity contribution in [2.45, 2.75) is 19.3 Å². The van der Waals surface area contributed by atoms with Crippen LogP contribution in [0.15, 0.2) is 18.3 Å². The number of nitrogen functional groups attached to an aromatic ring is 2. The SMILES string of the molecule is N=c1cc(N2CCCCC2)nc(N)n1O.N=c1ccnc(N)n1O. The molecule has 0 radical (unpaired) electrons. The quantitative estimate of drug-likeness (QED) is 0.375. The Morgan fingerprint density at radius 2 is 1.58 bits per heavy atom. The lowest BCUT2D eigenvalue weighted by Crippen LogP contribution is -2.33. The fourth-order valence-corrected chi connectivity index (χ4v) is 2.22. The van der Waals surface area contributed by atoms with Crippen LogP contribution in [0.3, 0.4) is 0 Å². The van der Waals surface area contributed by atoms with Crippen LogP contribution >= 0.6 is 0 Å². The zero-order valence-electron chi connectivity index (χ0n) is 13.1. The molecule has 0 atom stereocenters. The summed E-state index contributed by atoms with van der Waals surface area (Å²) in [7, 11) is 0. The van der Waals surface area contributed by atoms with Gasteiger partial charge in [-0.3, -0.25) is 10.8 Å². The molecule has 0 saturated carbocycles. The molecular formula is C13H21N9O2. The molecule has 1 saturated heterocycles. The lowest BCUT2D eigenvalue weighted by Gasteiger charge is -2.27. The van der Waals surface area contributed by atoms with Crippen LogP contribution in [0.5, 0.6) is 0 Å². The predicted octanol–water partition coefficient (Wildman–Crippen LogP) is -0.646. The van der Waals surface area contributed by atoms with E-state index >= 15 is 0 Å². The van der Waals surface area contributed by atoms with Gasteiger partial charge in [-0.05, 0) is 19.3 Å². The minimum atomic E-state index is -0.0810. The van der Waals surface area contributed by atoms with E-state index in [1.807, 2.05) is 0 Å². The summed E-state index contributed by atoms with van der Waals surface area (Å²) >= 11 is 0. The van der Waals surface area contributed by atoms with Gasteiger partial charge in [0.15, 0.2) is 11.0 Å². The van der Waals surface area contributed by atoms with E-state index in [-0.39, 0.29) is 22.9 Å². The summed E-state index contributed by atoms with van der Waals surface area (Å²) in [5, 5.41) is 32.4. The lowest BCUT2D eigenvalue weighted by atomic mass is 10.1. The van der Waals surface area contributed by atoms with E-state index in [9.17, 15) is 5.21 Å². The summed E-state index contributed by atoms with van der Waals surface area (Å²) in [6.07, 6.45) is 4.88. The predicted molar refractivity (Wildman–Crippen MR) is 85.4 cm³/mol. The monoisotopic (exact) mass is 335 g/mol. The van der Waals surface area contributed by atoms with Gasteiger partial charge < -0.3 is 26.8 Å². The smallest absolute Gasteiger partial charge is 0.238 e. The molecule has 0 aliphatic carbocycles. The number of piperidine rings is 1. The number of nitrogens with one attached hydrogen (secondary N) is 2. The van der Waals surface area contributed by atoms with E-state index in [4.69, 9.17) is 27.5 Å². The number of nitrogens with zero attached hydrogens (tertiary/aromatic N) is 5. The van der Waals surface area contributed by atoms with Gasteiger partial charge in [0.25, 0.3) is 0 Å². The second kappa shape index (κ2) is 7.35. The van der Waals surface area contributed by atoms with Crippen LogP contribution in [0.2, 0.25) is 0 Å². The summed E-state index contributed by atoms with van der Waals surface area (Å²) < 4.78 is 1.08. The second-order valence-corrected chi connectivity index (χ2v) is 5.22. The maximum Gasteiger partial charge on any atom is 0.238 e. The first-order valence-corrected chi connectivity index (χ1v) is 7.36. The van der Waals surface area contributed by atoms with Crippen molar-refractivity contribution in [1.29, 1.82) is 10.8 Å². The lowest BCUT2D eigenvalue weighted by molar-refractivity contribution is 0.173. The van der Waals surface area contributed by atoms with E-state index in [1.165, 1.54) is 24.8 Å². The van der Waals surface area contributed by atoms with Crippen LogP contribution in [-0.2, 0) is 0 Å². The van der Waals surface area contributed by atoms with E-state index in [0.717, 1.165) is 25.9 Å². The maximum absolute atomic E-state index is 9.25. The molecule has 1 fully saturated rings. The highest BCUT2D eigenvalue weighted by atomic mass is 16.5. The number of aromatic nitrogens is 4. The summed E-state index contributed by atoms with van der Waals surface area (Å²) in [6.45, 7) is 1.89. The zero-order chi connectivity index (χ0) is 17.7. The average molecular weight is 335 g/mol. The van der Waals surface area contributed by atoms with Gasteiger partial charge in [-0.25, -0.2) is 4.98 Å². The molecule has 0 bridgehead atoms. The fourth-order valence-electron chi connectivity index (χ4n) is 2.22. The highest BCUT2D eigenvalue weighted by Gasteiger charge is 2.13. The van der Waals surface area contributed by atoms with Crippen LogP contribution in [0, 0.1) is 10.8 Å². The molecule has 0 spiro atoms. The van der Waals surface area contributed by atoms with Gasteiger partial charge in [-0.2, -0.15) is 4.98 Å². The van der Waals surface area contributed by atoms with Gasteiger partial charge in [0.05, 0.1) is 0 Å². The van der Waals surface area contributed by atoms with Crippen molar-refractivity contribution >= 4 is 17.7 Å². The molecule has 130 valence electrons. The van der Waals surface area contributed by atoms with Gasteiger partial charge in [-0.15, -0.1) is 9.46 Å². The molecule has 2 aromatic rings. The molecule has 8 N–H and O–H groups in total. The largest absolute Gasteiger partial charge is 0.423 e. The van der Waals surface area contributed by atoms with Crippen LogP contribution in [0.1, 0.15) is 19.3 Å². The normalized spacial score (nSPS) is 13.9. The van der Waals surface area contributed by atoms with Gasteiger partial charge in [-0.1, -0.05) is 0 Å². The Hall–Kier alpha value is -3.24. The highest BCUT2D eigenvalue weighted by molar-refractivity contribution is 5.41. The first-order valence-electron chi connectivity index (χ1n) is 7.36. The van der Waals surface area contributed by atoms with E-state index in [1.54, 1.807) is 0 Å². The van der Waals surface area contributed by atoms with E-state index < -0.39 is 0 Å². The average Bonchev–Trinajstić information content (AvgIpc) is 2.58. The topological polar surface area (TPSA) is 179 Å². The summed E-state index contributed by atoms with van der Waals surface area (Å²) in [5.74, 6) is 0.563. The molecule has 24 heavy (non-hydrogen) atoms. The van der Waals surface area contributed by atoms with Crippen molar-refractivity contribution in [2.75, 3.05) is 29.5 Å². The van der Waals surface area contributed by atoms with Gasteiger partial charge >= 0.3 is 0 Å². The Balaban J connectivity index is 0.000000198. The number of nitrogens with two attached hydrogens (primary N) is 2. The van der Waals surface area contributed by atoms with Crippen LogP contribution in [-0.4, -0.2) is 42.9 Å². The van der Waals surface area contributed by atoms with Crippen LogP contribution in [0.25, 0.3) is 0 Å². The molecule has 11 heteroatoms. The molecular weight excluding hydrogens is 314 g/mol. The molecule has 3 heterocycles. The van der Waals surface area contributed by atoms with E-state index in [0.29, 0.717) is 15.3 Å². The molecule has 0 unspecified atom stereocenters. The molecule has 1 aliphatic heterocycles. The van der Waals surface area contributed by atoms with Crippen LogP contribution < -0.4 is 27.3 Å². The van der Waals surface area contributed by atoms with Crippen molar-refractivity contribution in [3.63, 3.8) is 0 Å².